The Hall–Kier alpha value is -1.81. The van der Waals surface area contributed by atoms with Gasteiger partial charge in [0.2, 0.25) is 0 Å². The zero-order chi connectivity index (χ0) is 14.2. The number of benzene rings is 2. The van der Waals surface area contributed by atoms with Gasteiger partial charge in [0.25, 0.3) is 0 Å². The van der Waals surface area contributed by atoms with Crippen LogP contribution >= 0.6 is 0 Å². The maximum absolute atomic E-state index is 14.0. The first-order valence-electron chi connectivity index (χ1n) is 5.88. The molecule has 0 aliphatic rings. The Bertz CT molecular complexity index is 623. The fourth-order valence-electron chi connectivity index (χ4n) is 2.00. The van der Waals surface area contributed by atoms with Crippen LogP contribution in [0.15, 0.2) is 30.3 Å². The first-order valence-corrected chi connectivity index (χ1v) is 5.88. The fraction of sp³-hybridized carbons (Fsp3) is 0.200. The molecule has 2 rings (SSSR count). The van der Waals surface area contributed by atoms with Gasteiger partial charge >= 0.3 is 0 Å². The van der Waals surface area contributed by atoms with Gasteiger partial charge in [0.1, 0.15) is 17.5 Å². The topological polar surface area (TPSA) is 26.0 Å². The van der Waals surface area contributed by atoms with Crippen molar-refractivity contribution in [1.82, 2.24) is 0 Å². The standard InChI is InChI=1S/C15H14F3N/c1-8-3-5-10(12(17)7-8)15(19)13-11(16)6-4-9(2)14(13)18/h3-7,15H,19H2,1-2H3. The zero-order valence-electron chi connectivity index (χ0n) is 10.7. The summed E-state index contributed by atoms with van der Waals surface area (Å²) in [6, 6.07) is 5.70. The molecule has 0 bridgehead atoms. The van der Waals surface area contributed by atoms with Crippen molar-refractivity contribution in [3.8, 4) is 0 Å². The second kappa shape index (κ2) is 5.05. The summed E-state index contributed by atoms with van der Waals surface area (Å²) < 4.78 is 41.5. The Labute approximate surface area is 109 Å². The van der Waals surface area contributed by atoms with E-state index >= 15 is 0 Å². The van der Waals surface area contributed by atoms with E-state index in [9.17, 15) is 13.2 Å². The number of hydrogen-bond donors (Lipinski definition) is 1. The van der Waals surface area contributed by atoms with Crippen LogP contribution < -0.4 is 5.73 Å². The maximum atomic E-state index is 14.0. The summed E-state index contributed by atoms with van der Waals surface area (Å²) in [5, 5.41) is 0. The Morgan fingerprint density at radius 3 is 2.26 bits per heavy atom. The first kappa shape index (κ1) is 13.6. The van der Waals surface area contributed by atoms with E-state index in [1.54, 1.807) is 13.0 Å². The molecule has 1 nitrogen and oxygen atoms in total. The minimum Gasteiger partial charge on any atom is -0.320 e. The van der Waals surface area contributed by atoms with E-state index in [-0.39, 0.29) is 16.7 Å². The van der Waals surface area contributed by atoms with Crippen molar-refractivity contribution >= 4 is 0 Å². The van der Waals surface area contributed by atoms with E-state index in [0.29, 0.717) is 0 Å². The Kier molecular flexibility index (Phi) is 3.62. The lowest BCUT2D eigenvalue weighted by Gasteiger charge is -2.16. The molecule has 1 unspecified atom stereocenters. The molecule has 100 valence electrons. The molecule has 0 aliphatic heterocycles. The molecule has 4 heteroatoms. The number of rotatable bonds is 2. The van der Waals surface area contributed by atoms with E-state index in [1.807, 2.05) is 0 Å². The molecule has 1 atom stereocenters. The molecule has 19 heavy (non-hydrogen) atoms. The lowest BCUT2D eigenvalue weighted by Crippen LogP contribution is -2.17. The van der Waals surface area contributed by atoms with Gasteiger partial charge in [-0.05, 0) is 37.1 Å². The Balaban J connectivity index is 2.56. The monoisotopic (exact) mass is 265 g/mol. The van der Waals surface area contributed by atoms with E-state index in [1.165, 1.54) is 25.1 Å². The number of hydrogen-bond acceptors (Lipinski definition) is 1. The van der Waals surface area contributed by atoms with Crippen molar-refractivity contribution in [2.45, 2.75) is 19.9 Å². The molecule has 0 aromatic heterocycles. The number of nitrogens with two attached hydrogens (primary N) is 1. The van der Waals surface area contributed by atoms with E-state index < -0.39 is 23.5 Å². The molecule has 0 spiro atoms. The van der Waals surface area contributed by atoms with E-state index in [2.05, 4.69) is 0 Å². The van der Waals surface area contributed by atoms with Crippen molar-refractivity contribution in [3.05, 3.63) is 70.0 Å². The van der Waals surface area contributed by atoms with Gasteiger partial charge in [-0.15, -0.1) is 0 Å². The molecular weight excluding hydrogens is 251 g/mol. The van der Waals surface area contributed by atoms with Crippen LogP contribution in [-0.4, -0.2) is 0 Å². The van der Waals surface area contributed by atoms with Gasteiger partial charge in [0, 0.05) is 11.1 Å². The average molecular weight is 265 g/mol. The predicted molar refractivity (Wildman–Crippen MR) is 68.3 cm³/mol. The summed E-state index contributed by atoms with van der Waals surface area (Å²) in [4.78, 5) is 0. The molecule has 0 saturated heterocycles. The third-order valence-corrected chi connectivity index (χ3v) is 3.12. The molecule has 0 saturated carbocycles. The summed E-state index contributed by atoms with van der Waals surface area (Å²) in [6.07, 6.45) is 0. The van der Waals surface area contributed by atoms with Crippen molar-refractivity contribution in [2.24, 2.45) is 5.73 Å². The van der Waals surface area contributed by atoms with Crippen LogP contribution in [0, 0.1) is 31.3 Å². The predicted octanol–water partition coefficient (Wildman–Crippen LogP) is 3.77. The second-order valence-electron chi connectivity index (χ2n) is 4.59. The summed E-state index contributed by atoms with van der Waals surface area (Å²) in [6.45, 7) is 3.24. The number of aryl methyl sites for hydroxylation is 2. The quantitative estimate of drug-likeness (QED) is 0.878. The van der Waals surface area contributed by atoms with Gasteiger partial charge in [-0.25, -0.2) is 13.2 Å². The van der Waals surface area contributed by atoms with Crippen molar-refractivity contribution < 1.29 is 13.2 Å². The summed E-state index contributed by atoms with van der Waals surface area (Å²) in [7, 11) is 0. The molecule has 0 heterocycles. The van der Waals surface area contributed by atoms with Crippen LogP contribution in [0.3, 0.4) is 0 Å². The highest BCUT2D eigenvalue weighted by Gasteiger charge is 2.22. The van der Waals surface area contributed by atoms with Crippen LogP contribution in [0.5, 0.6) is 0 Å². The smallest absolute Gasteiger partial charge is 0.134 e. The van der Waals surface area contributed by atoms with Gasteiger partial charge in [0.05, 0.1) is 6.04 Å². The molecule has 0 fully saturated rings. The highest BCUT2D eigenvalue weighted by Crippen LogP contribution is 2.28. The minimum absolute atomic E-state index is 0.0778. The lowest BCUT2D eigenvalue weighted by atomic mass is 9.95. The second-order valence-corrected chi connectivity index (χ2v) is 4.59. The third-order valence-electron chi connectivity index (χ3n) is 3.12. The minimum atomic E-state index is -1.17. The average Bonchev–Trinajstić information content (AvgIpc) is 2.34. The Morgan fingerprint density at radius 2 is 1.63 bits per heavy atom. The molecule has 0 radical (unpaired) electrons. The van der Waals surface area contributed by atoms with Crippen molar-refractivity contribution in [1.29, 1.82) is 0 Å². The molecular formula is C15H14F3N. The largest absolute Gasteiger partial charge is 0.320 e. The van der Waals surface area contributed by atoms with Crippen molar-refractivity contribution in [3.63, 3.8) is 0 Å². The maximum Gasteiger partial charge on any atom is 0.134 e. The Morgan fingerprint density at radius 1 is 0.947 bits per heavy atom. The summed E-state index contributed by atoms with van der Waals surface area (Å²) in [5.74, 6) is -2.06. The van der Waals surface area contributed by atoms with Gasteiger partial charge in [-0.1, -0.05) is 18.2 Å². The zero-order valence-corrected chi connectivity index (χ0v) is 10.7. The van der Waals surface area contributed by atoms with Crippen LogP contribution in [0.2, 0.25) is 0 Å². The molecule has 2 aromatic carbocycles. The van der Waals surface area contributed by atoms with E-state index in [0.717, 1.165) is 11.6 Å². The molecule has 0 aliphatic carbocycles. The molecule has 2 aromatic rings. The van der Waals surface area contributed by atoms with Crippen LogP contribution in [0.1, 0.15) is 28.3 Å². The first-order chi connectivity index (χ1) is 8.91. The third kappa shape index (κ3) is 2.49. The van der Waals surface area contributed by atoms with Crippen LogP contribution in [0.25, 0.3) is 0 Å². The summed E-state index contributed by atoms with van der Waals surface area (Å²) in [5.41, 5.74) is 6.59. The van der Waals surface area contributed by atoms with Crippen LogP contribution in [-0.2, 0) is 0 Å². The fourth-order valence-corrected chi connectivity index (χ4v) is 2.00. The summed E-state index contributed by atoms with van der Waals surface area (Å²) >= 11 is 0. The highest BCUT2D eigenvalue weighted by atomic mass is 19.1. The van der Waals surface area contributed by atoms with Gasteiger partial charge in [-0.3, -0.25) is 0 Å². The highest BCUT2D eigenvalue weighted by molar-refractivity contribution is 5.37. The van der Waals surface area contributed by atoms with E-state index in [4.69, 9.17) is 5.73 Å². The normalized spacial score (nSPS) is 12.5. The number of halogens is 3. The van der Waals surface area contributed by atoms with Crippen molar-refractivity contribution in [2.75, 3.05) is 0 Å². The van der Waals surface area contributed by atoms with Gasteiger partial charge < -0.3 is 5.73 Å². The molecule has 2 N–H and O–H groups in total. The SMILES string of the molecule is Cc1ccc(C(N)c2c(F)ccc(C)c2F)c(F)c1. The lowest BCUT2D eigenvalue weighted by molar-refractivity contribution is 0.528. The van der Waals surface area contributed by atoms with Crippen LogP contribution in [0.4, 0.5) is 13.2 Å². The van der Waals surface area contributed by atoms with Gasteiger partial charge in [-0.2, -0.15) is 0 Å². The molecule has 0 amide bonds. The van der Waals surface area contributed by atoms with Gasteiger partial charge in [0.15, 0.2) is 0 Å².